The van der Waals surface area contributed by atoms with Crippen LogP contribution in [0.25, 0.3) is 5.69 Å². The Bertz CT molecular complexity index is 563. The van der Waals surface area contributed by atoms with Crippen LogP contribution < -0.4 is 5.32 Å². The molecule has 1 fully saturated rings. The van der Waals surface area contributed by atoms with Crippen LogP contribution in [0.4, 0.5) is 5.69 Å². The Labute approximate surface area is 124 Å². The Balaban J connectivity index is 1.80. The normalized spacial score (nSPS) is 16.7. The van der Waals surface area contributed by atoms with Crippen LogP contribution in [-0.2, 0) is 0 Å². The molecule has 0 radical (unpaired) electrons. The smallest absolute Gasteiger partial charge is 0.138 e. The highest BCUT2D eigenvalue weighted by molar-refractivity contribution is 6.33. The number of nitrogens with zero attached hydrogens (tertiary/aromatic N) is 3. The van der Waals surface area contributed by atoms with Gasteiger partial charge in [0, 0.05) is 6.04 Å². The van der Waals surface area contributed by atoms with E-state index in [0.29, 0.717) is 11.1 Å². The van der Waals surface area contributed by atoms with Gasteiger partial charge < -0.3 is 5.32 Å². The lowest BCUT2D eigenvalue weighted by Gasteiger charge is -2.29. The Morgan fingerprint density at radius 1 is 1.45 bits per heavy atom. The van der Waals surface area contributed by atoms with E-state index in [1.807, 2.05) is 18.2 Å². The molecule has 0 saturated heterocycles. The largest absolute Gasteiger partial charge is 0.381 e. The van der Waals surface area contributed by atoms with E-state index in [4.69, 9.17) is 11.6 Å². The zero-order valence-corrected chi connectivity index (χ0v) is 12.3. The molecule has 0 aliphatic heterocycles. The molecule has 2 aromatic rings. The summed E-state index contributed by atoms with van der Waals surface area (Å²) >= 11 is 6.32. The standard InChI is InChI=1S/C15H19ClN4/c1-11(8-12-4-2-5-12)19-14-7-3-6-13(16)15(14)20-10-17-9-18-20/h3,6-7,9-12,19H,2,4-5,8H2,1H3. The van der Waals surface area contributed by atoms with Crippen molar-refractivity contribution in [3.8, 4) is 5.69 Å². The second-order valence-corrected chi connectivity index (χ2v) is 5.96. The maximum Gasteiger partial charge on any atom is 0.138 e. The Morgan fingerprint density at radius 3 is 2.95 bits per heavy atom. The SMILES string of the molecule is CC(CC1CCC1)Nc1cccc(Cl)c1-n1cncn1. The summed E-state index contributed by atoms with van der Waals surface area (Å²) < 4.78 is 1.71. The van der Waals surface area contributed by atoms with Crippen molar-refractivity contribution in [2.24, 2.45) is 5.92 Å². The third-order valence-electron chi connectivity index (χ3n) is 3.95. The lowest BCUT2D eigenvalue weighted by atomic mass is 9.81. The van der Waals surface area contributed by atoms with E-state index in [1.165, 1.54) is 32.0 Å². The fourth-order valence-electron chi connectivity index (χ4n) is 2.74. The van der Waals surface area contributed by atoms with Gasteiger partial charge in [-0.15, -0.1) is 0 Å². The van der Waals surface area contributed by atoms with Gasteiger partial charge in [0.2, 0.25) is 0 Å². The first-order valence-corrected chi connectivity index (χ1v) is 7.52. The fraction of sp³-hybridized carbons (Fsp3) is 0.467. The number of nitrogens with one attached hydrogen (secondary N) is 1. The number of para-hydroxylation sites is 1. The first kappa shape index (κ1) is 13.4. The average molecular weight is 291 g/mol. The highest BCUT2D eigenvalue weighted by Crippen LogP contribution is 2.33. The van der Waals surface area contributed by atoms with Gasteiger partial charge in [-0.1, -0.05) is 36.9 Å². The van der Waals surface area contributed by atoms with Crippen molar-refractivity contribution >= 4 is 17.3 Å². The van der Waals surface area contributed by atoms with Gasteiger partial charge in [0.1, 0.15) is 18.3 Å². The van der Waals surface area contributed by atoms with Gasteiger partial charge >= 0.3 is 0 Å². The maximum atomic E-state index is 6.32. The molecule has 1 aliphatic rings. The molecule has 1 N–H and O–H groups in total. The molecule has 20 heavy (non-hydrogen) atoms. The van der Waals surface area contributed by atoms with Crippen LogP contribution in [0.1, 0.15) is 32.6 Å². The number of benzene rings is 1. The summed E-state index contributed by atoms with van der Waals surface area (Å²) in [6.07, 6.45) is 8.53. The highest BCUT2D eigenvalue weighted by Gasteiger charge is 2.20. The summed E-state index contributed by atoms with van der Waals surface area (Å²) in [4.78, 5) is 4.00. The molecule has 1 saturated carbocycles. The van der Waals surface area contributed by atoms with Crippen molar-refractivity contribution < 1.29 is 0 Å². The number of halogens is 1. The number of hydrogen-bond donors (Lipinski definition) is 1. The third-order valence-corrected chi connectivity index (χ3v) is 4.25. The zero-order chi connectivity index (χ0) is 13.9. The summed E-state index contributed by atoms with van der Waals surface area (Å²) in [5, 5.41) is 8.43. The van der Waals surface area contributed by atoms with Gasteiger partial charge in [0.25, 0.3) is 0 Å². The van der Waals surface area contributed by atoms with Crippen molar-refractivity contribution in [3.05, 3.63) is 35.9 Å². The van der Waals surface area contributed by atoms with Gasteiger partial charge in [-0.2, -0.15) is 5.10 Å². The van der Waals surface area contributed by atoms with Gasteiger partial charge in [-0.3, -0.25) is 0 Å². The summed E-state index contributed by atoms with van der Waals surface area (Å²) in [6.45, 7) is 2.23. The Morgan fingerprint density at radius 2 is 2.30 bits per heavy atom. The predicted molar refractivity (Wildman–Crippen MR) is 81.4 cm³/mol. The van der Waals surface area contributed by atoms with Crippen LogP contribution in [-0.4, -0.2) is 20.8 Å². The fourth-order valence-corrected chi connectivity index (χ4v) is 3.00. The van der Waals surface area contributed by atoms with E-state index in [0.717, 1.165) is 17.3 Å². The summed E-state index contributed by atoms with van der Waals surface area (Å²) in [5.74, 6) is 0.881. The van der Waals surface area contributed by atoms with E-state index in [9.17, 15) is 0 Å². The molecule has 106 valence electrons. The molecule has 1 aromatic heterocycles. The van der Waals surface area contributed by atoms with E-state index in [-0.39, 0.29) is 0 Å². The van der Waals surface area contributed by atoms with Gasteiger partial charge in [-0.05, 0) is 31.4 Å². The third kappa shape index (κ3) is 2.80. The topological polar surface area (TPSA) is 42.7 Å². The zero-order valence-electron chi connectivity index (χ0n) is 11.6. The van der Waals surface area contributed by atoms with Crippen molar-refractivity contribution in [2.45, 2.75) is 38.6 Å². The molecule has 5 heteroatoms. The highest BCUT2D eigenvalue weighted by atomic mass is 35.5. The molecule has 1 atom stereocenters. The van der Waals surface area contributed by atoms with Crippen LogP contribution in [0.2, 0.25) is 5.02 Å². The lowest BCUT2D eigenvalue weighted by Crippen LogP contribution is -2.24. The maximum absolute atomic E-state index is 6.32. The van der Waals surface area contributed by atoms with Crippen molar-refractivity contribution in [1.82, 2.24) is 14.8 Å². The predicted octanol–water partition coefficient (Wildman–Crippen LogP) is 3.91. The van der Waals surface area contributed by atoms with Crippen LogP contribution >= 0.6 is 11.6 Å². The van der Waals surface area contributed by atoms with Crippen molar-refractivity contribution in [3.63, 3.8) is 0 Å². The average Bonchev–Trinajstić information content (AvgIpc) is 2.88. The molecule has 0 amide bonds. The first-order chi connectivity index (χ1) is 9.74. The molecular weight excluding hydrogens is 272 g/mol. The molecule has 0 bridgehead atoms. The number of rotatable bonds is 5. The Hall–Kier alpha value is -1.55. The summed E-state index contributed by atoms with van der Waals surface area (Å²) in [6, 6.07) is 6.31. The van der Waals surface area contributed by atoms with Gasteiger partial charge in [0.05, 0.1) is 10.7 Å². The van der Waals surface area contributed by atoms with Crippen molar-refractivity contribution in [2.75, 3.05) is 5.32 Å². The minimum atomic E-state index is 0.432. The minimum absolute atomic E-state index is 0.432. The van der Waals surface area contributed by atoms with E-state index >= 15 is 0 Å². The second-order valence-electron chi connectivity index (χ2n) is 5.55. The molecule has 1 aliphatic carbocycles. The molecule has 3 rings (SSSR count). The number of anilines is 1. The molecule has 4 nitrogen and oxygen atoms in total. The minimum Gasteiger partial charge on any atom is -0.381 e. The monoisotopic (exact) mass is 290 g/mol. The van der Waals surface area contributed by atoms with Crippen LogP contribution in [0.5, 0.6) is 0 Å². The van der Waals surface area contributed by atoms with Crippen LogP contribution in [0.15, 0.2) is 30.9 Å². The van der Waals surface area contributed by atoms with Crippen LogP contribution in [0, 0.1) is 5.92 Å². The lowest BCUT2D eigenvalue weighted by molar-refractivity contribution is 0.286. The Kier molecular flexibility index (Phi) is 3.92. The summed E-state index contributed by atoms with van der Waals surface area (Å²) in [5.41, 5.74) is 1.88. The van der Waals surface area contributed by atoms with E-state index in [1.54, 1.807) is 11.0 Å². The molecular formula is C15H19ClN4. The van der Waals surface area contributed by atoms with Crippen LogP contribution in [0.3, 0.4) is 0 Å². The van der Waals surface area contributed by atoms with Gasteiger partial charge in [0.15, 0.2) is 0 Å². The number of hydrogen-bond acceptors (Lipinski definition) is 3. The quantitative estimate of drug-likeness (QED) is 0.908. The van der Waals surface area contributed by atoms with E-state index in [2.05, 4.69) is 22.3 Å². The summed E-state index contributed by atoms with van der Waals surface area (Å²) in [7, 11) is 0. The second kappa shape index (κ2) is 5.83. The molecule has 0 spiro atoms. The first-order valence-electron chi connectivity index (χ1n) is 7.14. The molecule has 1 heterocycles. The number of aromatic nitrogens is 3. The molecule has 1 aromatic carbocycles. The molecule has 1 unspecified atom stereocenters. The van der Waals surface area contributed by atoms with Crippen molar-refractivity contribution in [1.29, 1.82) is 0 Å². The van der Waals surface area contributed by atoms with Gasteiger partial charge in [-0.25, -0.2) is 9.67 Å². The van der Waals surface area contributed by atoms with E-state index < -0.39 is 0 Å².